The molecule has 13 nitrogen and oxygen atoms in total. The van der Waals surface area contributed by atoms with Gasteiger partial charge in [-0.25, -0.2) is 27.2 Å². The SMILES string of the molecule is CC(C)NS(=O)(=O)c1cncc(-c2ccc3nc(NC(=O)NCCNC(=O)OC(C)(C)C)nn3c2)c1. The van der Waals surface area contributed by atoms with Gasteiger partial charge in [0.2, 0.25) is 10.0 Å². The van der Waals surface area contributed by atoms with E-state index < -0.39 is 27.7 Å². The molecule has 0 saturated heterocycles. The highest BCUT2D eigenvalue weighted by atomic mass is 32.2. The van der Waals surface area contributed by atoms with Crippen LogP contribution in [-0.4, -0.2) is 64.9 Å². The lowest BCUT2D eigenvalue weighted by atomic mass is 10.1. The summed E-state index contributed by atoms with van der Waals surface area (Å²) in [6.45, 7) is 9.09. The fraction of sp³-hybridized carbons (Fsp3) is 0.409. The number of sulfonamides is 1. The number of carbonyl (C=O) groups is 2. The predicted octanol–water partition coefficient (Wildman–Crippen LogP) is 2.12. The molecule has 4 N–H and O–H groups in total. The third-order valence-electron chi connectivity index (χ3n) is 4.38. The number of pyridine rings is 2. The average Bonchev–Trinajstić information content (AvgIpc) is 3.16. The van der Waals surface area contributed by atoms with Crippen LogP contribution in [0.1, 0.15) is 34.6 Å². The number of hydrogen-bond acceptors (Lipinski definition) is 8. The highest BCUT2D eigenvalue weighted by molar-refractivity contribution is 7.89. The summed E-state index contributed by atoms with van der Waals surface area (Å²) >= 11 is 0. The van der Waals surface area contributed by atoms with Crippen LogP contribution in [-0.2, 0) is 14.8 Å². The van der Waals surface area contributed by atoms with Gasteiger partial charge in [-0.05, 0) is 52.8 Å². The van der Waals surface area contributed by atoms with Gasteiger partial charge in [0.1, 0.15) is 10.5 Å². The summed E-state index contributed by atoms with van der Waals surface area (Å²) in [6, 6.07) is 4.16. The summed E-state index contributed by atoms with van der Waals surface area (Å²) in [5.41, 5.74) is 1.10. The Morgan fingerprint density at radius 3 is 2.50 bits per heavy atom. The van der Waals surface area contributed by atoms with Crippen molar-refractivity contribution < 1.29 is 22.7 Å². The van der Waals surface area contributed by atoms with Crippen LogP contribution < -0.4 is 20.7 Å². The summed E-state index contributed by atoms with van der Waals surface area (Å²) in [6.07, 6.45) is 3.91. The van der Waals surface area contributed by atoms with Gasteiger partial charge in [-0.2, -0.15) is 4.98 Å². The van der Waals surface area contributed by atoms with Crippen LogP contribution in [0.2, 0.25) is 0 Å². The molecular weight excluding hydrogens is 488 g/mol. The van der Waals surface area contributed by atoms with Gasteiger partial charge in [0.05, 0.1) is 0 Å². The van der Waals surface area contributed by atoms with Crippen molar-refractivity contribution in [3.8, 4) is 11.1 Å². The molecule has 0 saturated carbocycles. The monoisotopic (exact) mass is 518 g/mol. The molecule has 3 aromatic rings. The van der Waals surface area contributed by atoms with Crippen LogP contribution in [0.4, 0.5) is 15.5 Å². The van der Waals surface area contributed by atoms with E-state index >= 15 is 0 Å². The van der Waals surface area contributed by atoms with Crippen LogP contribution in [0.25, 0.3) is 16.8 Å². The van der Waals surface area contributed by atoms with E-state index in [2.05, 4.69) is 35.7 Å². The Balaban J connectivity index is 1.62. The highest BCUT2D eigenvalue weighted by Gasteiger charge is 2.18. The molecule has 3 heterocycles. The lowest BCUT2D eigenvalue weighted by molar-refractivity contribution is 0.0528. The number of aromatic nitrogens is 4. The molecule has 3 aromatic heterocycles. The Bertz CT molecular complexity index is 1350. The largest absolute Gasteiger partial charge is 0.444 e. The molecule has 0 spiro atoms. The molecule has 0 radical (unpaired) electrons. The fourth-order valence-electron chi connectivity index (χ4n) is 3.01. The first-order valence-corrected chi connectivity index (χ1v) is 12.7. The van der Waals surface area contributed by atoms with Crippen molar-refractivity contribution in [2.45, 2.75) is 51.2 Å². The average molecular weight is 519 g/mol. The van der Waals surface area contributed by atoms with Crippen LogP contribution >= 0.6 is 0 Å². The Kier molecular flexibility index (Phi) is 8.10. The summed E-state index contributed by atoms with van der Waals surface area (Å²) in [7, 11) is -3.70. The number of ether oxygens (including phenoxy) is 1. The minimum absolute atomic E-state index is 0.0487. The first-order chi connectivity index (χ1) is 16.8. The second-order valence-electron chi connectivity index (χ2n) is 9.15. The maximum Gasteiger partial charge on any atom is 0.407 e. The van der Waals surface area contributed by atoms with Crippen LogP contribution in [0, 0.1) is 0 Å². The Morgan fingerprint density at radius 2 is 1.81 bits per heavy atom. The molecule has 0 fully saturated rings. The smallest absolute Gasteiger partial charge is 0.407 e. The Labute approximate surface area is 209 Å². The van der Waals surface area contributed by atoms with E-state index in [1.54, 1.807) is 59.1 Å². The van der Waals surface area contributed by atoms with Crippen LogP contribution in [0.15, 0.2) is 41.7 Å². The predicted molar refractivity (Wildman–Crippen MR) is 133 cm³/mol. The minimum Gasteiger partial charge on any atom is -0.444 e. The molecule has 14 heteroatoms. The van der Waals surface area contributed by atoms with Gasteiger partial charge >= 0.3 is 12.1 Å². The second kappa shape index (κ2) is 10.9. The molecular formula is C22H30N8O5S. The zero-order valence-corrected chi connectivity index (χ0v) is 21.5. The lowest BCUT2D eigenvalue weighted by Gasteiger charge is -2.19. The van der Waals surface area contributed by atoms with E-state index in [-0.39, 0.29) is 30.0 Å². The molecule has 0 aliphatic rings. The fourth-order valence-corrected chi connectivity index (χ4v) is 4.25. The van der Waals surface area contributed by atoms with E-state index in [0.717, 1.165) is 0 Å². The Hall–Kier alpha value is -3.78. The van der Waals surface area contributed by atoms with Gasteiger partial charge < -0.3 is 15.4 Å². The molecule has 0 aliphatic carbocycles. The van der Waals surface area contributed by atoms with E-state index in [9.17, 15) is 18.0 Å². The number of nitrogens with one attached hydrogen (secondary N) is 4. The van der Waals surface area contributed by atoms with Crippen LogP contribution in [0.3, 0.4) is 0 Å². The number of urea groups is 1. The maximum atomic E-state index is 12.5. The number of nitrogens with zero attached hydrogens (tertiary/aromatic N) is 4. The maximum absolute atomic E-state index is 12.5. The van der Waals surface area contributed by atoms with Gasteiger partial charge in [0.25, 0.3) is 5.95 Å². The molecule has 0 unspecified atom stereocenters. The van der Waals surface area contributed by atoms with E-state index in [4.69, 9.17) is 4.74 Å². The van der Waals surface area contributed by atoms with Crippen LogP contribution in [0.5, 0.6) is 0 Å². The van der Waals surface area contributed by atoms with Gasteiger partial charge in [0, 0.05) is 48.8 Å². The number of amides is 3. The topological polar surface area (TPSA) is 169 Å². The van der Waals surface area contributed by atoms with E-state index in [1.165, 1.54) is 16.8 Å². The van der Waals surface area contributed by atoms with E-state index in [0.29, 0.717) is 16.8 Å². The molecule has 36 heavy (non-hydrogen) atoms. The lowest BCUT2D eigenvalue weighted by Crippen LogP contribution is -2.39. The minimum atomic E-state index is -3.70. The quantitative estimate of drug-likeness (QED) is 0.329. The van der Waals surface area contributed by atoms with Gasteiger partial charge in [-0.1, -0.05) is 0 Å². The summed E-state index contributed by atoms with van der Waals surface area (Å²) in [5, 5.41) is 11.9. The first kappa shape index (κ1) is 26.8. The number of anilines is 1. The Morgan fingerprint density at radius 1 is 1.08 bits per heavy atom. The molecule has 0 atom stereocenters. The molecule has 0 aromatic carbocycles. The number of rotatable bonds is 8. The van der Waals surface area contributed by atoms with Gasteiger partial charge in [-0.3, -0.25) is 10.3 Å². The second-order valence-corrected chi connectivity index (χ2v) is 10.9. The van der Waals surface area contributed by atoms with Gasteiger partial charge in [0.15, 0.2) is 5.65 Å². The zero-order chi connectivity index (χ0) is 26.5. The zero-order valence-electron chi connectivity index (χ0n) is 20.7. The van der Waals surface area contributed by atoms with E-state index in [1.807, 2.05) is 0 Å². The van der Waals surface area contributed by atoms with Crippen molar-refractivity contribution in [1.29, 1.82) is 0 Å². The van der Waals surface area contributed by atoms with Crippen molar-refractivity contribution in [1.82, 2.24) is 34.9 Å². The normalized spacial score (nSPS) is 11.9. The number of fused-ring (bicyclic) bond motifs is 1. The van der Waals surface area contributed by atoms with Gasteiger partial charge in [-0.15, -0.1) is 5.10 Å². The molecule has 3 amide bonds. The third-order valence-corrected chi connectivity index (χ3v) is 6.01. The summed E-state index contributed by atoms with van der Waals surface area (Å²) < 4.78 is 34.1. The van der Waals surface area contributed by atoms with Crippen molar-refractivity contribution in [3.63, 3.8) is 0 Å². The van der Waals surface area contributed by atoms with Crippen molar-refractivity contribution in [2.24, 2.45) is 0 Å². The number of alkyl carbamates (subject to hydrolysis) is 1. The highest BCUT2D eigenvalue weighted by Crippen LogP contribution is 2.22. The molecule has 194 valence electrons. The standard InChI is InChI=1S/C22H30N8O5S/c1-14(2)29-36(33,34)17-10-16(11-23-12-17)15-6-7-18-26-19(28-30(18)13-15)27-20(31)24-8-9-25-21(32)35-22(3,4)5/h6-7,10-14,29H,8-9H2,1-5H3,(H,25,32)(H2,24,27,28,31). The summed E-state index contributed by atoms with van der Waals surface area (Å²) in [4.78, 5) is 32.1. The first-order valence-electron chi connectivity index (χ1n) is 11.2. The number of hydrogen-bond donors (Lipinski definition) is 4. The third kappa shape index (κ3) is 7.61. The summed E-state index contributed by atoms with van der Waals surface area (Å²) in [5.74, 6) is 0.0698. The molecule has 3 rings (SSSR count). The van der Waals surface area contributed by atoms with Crippen molar-refractivity contribution in [2.75, 3.05) is 18.4 Å². The van der Waals surface area contributed by atoms with Crippen molar-refractivity contribution >= 4 is 33.7 Å². The molecule has 0 bridgehead atoms. The van der Waals surface area contributed by atoms with Crippen molar-refractivity contribution in [3.05, 3.63) is 36.8 Å². The number of carbonyl (C=O) groups excluding carboxylic acids is 2. The molecule has 0 aliphatic heterocycles.